The highest BCUT2D eigenvalue weighted by molar-refractivity contribution is 9.10. The van der Waals surface area contributed by atoms with Crippen molar-refractivity contribution in [1.29, 1.82) is 0 Å². The Morgan fingerprint density at radius 1 is 1.29 bits per heavy atom. The molecular weight excluding hydrogens is 337 g/mol. The summed E-state index contributed by atoms with van der Waals surface area (Å²) in [5, 5.41) is 3.28. The molecule has 0 saturated carbocycles. The summed E-state index contributed by atoms with van der Waals surface area (Å²) in [5.74, 6) is 0.920. The Morgan fingerprint density at radius 3 is 2.81 bits per heavy atom. The molecule has 4 nitrogen and oxygen atoms in total. The SMILES string of the molecule is CC(C)CNCc1cncc(Oc2cc(F)cc(Br)c2)n1. The van der Waals surface area contributed by atoms with E-state index in [0.717, 1.165) is 12.2 Å². The summed E-state index contributed by atoms with van der Waals surface area (Å²) < 4.78 is 19.4. The summed E-state index contributed by atoms with van der Waals surface area (Å²) >= 11 is 3.22. The summed E-state index contributed by atoms with van der Waals surface area (Å²) in [4.78, 5) is 8.43. The molecule has 21 heavy (non-hydrogen) atoms. The van der Waals surface area contributed by atoms with Gasteiger partial charge >= 0.3 is 0 Å². The molecule has 1 heterocycles. The normalized spacial score (nSPS) is 10.9. The van der Waals surface area contributed by atoms with Crippen molar-refractivity contribution in [2.24, 2.45) is 5.92 Å². The van der Waals surface area contributed by atoms with Crippen molar-refractivity contribution in [3.8, 4) is 11.6 Å². The lowest BCUT2D eigenvalue weighted by Gasteiger charge is -2.09. The van der Waals surface area contributed by atoms with Crippen molar-refractivity contribution in [3.05, 3.63) is 46.6 Å². The van der Waals surface area contributed by atoms with E-state index in [4.69, 9.17) is 4.74 Å². The zero-order chi connectivity index (χ0) is 15.2. The molecule has 0 aliphatic rings. The molecule has 0 atom stereocenters. The first kappa shape index (κ1) is 15.9. The summed E-state index contributed by atoms with van der Waals surface area (Å²) in [5.41, 5.74) is 0.781. The molecule has 0 amide bonds. The zero-order valence-electron chi connectivity index (χ0n) is 11.9. The highest BCUT2D eigenvalue weighted by Gasteiger charge is 2.05. The van der Waals surface area contributed by atoms with E-state index in [1.54, 1.807) is 12.3 Å². The topological polar surface area (TPSA) is 47.0 Å². The number of nitrogens with zero attached hydrogens (tertiary/aromatic N) is 2. The fourth-order valence-corrected chi connectivity index (χ4v) is 2.16. The standard InChI is InChI=1S/C15H17BrFN3O/c1-10(2)6-18-7-13-8-19-9-15(20-13)21-14-4-11(16)3-12(17)5-14/h3-5,8-10,18H,6-7H2,1-2H3. The highest BCUT2D eigenvalue weighted by Crippen LogP contribution is 2.24. The number of hydrogen-bond donors (Lipinski definition) is 1. The first-order valence-electron chi connectivity index (χ1n) is 6.68. The van der Waals surface area contributed by atoms with E-state index < -0.39 is 0 Å². The lowest BCUT2D eigenvalue weighted by atomic mass is 10.2. The largest absolute Gasteiger partial charge is 0.437 e. The molecule has 0 radical (unpaired) electrons. The van der Waals surface area contributed by atoms with Gasteiger partial charge in [0.05, 0.1) is 11.9 Å². The van der Waals surface area contributed by atoms with E-state index in [0.29, 0.717) is 28.6 Å². The molecule has 1 aromatic carbocycles. The van der Waals surface area contributed by atoms with Gasteiger partial charge in [-0.05, 0) is 24.6 Å². The van der Waals surface area contributed by atoms with Gasteiger partial charge in [-0.25, -0.2) is 9.37 Å². The predicted molar refractivity (Wildman–Crippen MR) is 82.8 cm³/mol. The Kier molecular flexibility index (Phi) is 5.64. The van der Waals surface area contributed by atoms with E-state index in [1.165, 1.54) is 18.3 Å². The lowest BCUT2D eigenvalue weighted by molar-refractivity contribution is 0.450. The average molecular weight is 354 g/mol. The van der Waals surface area contributed by atoms with Gasteiger partial charge in [-0.1, -0.05) is 29.8 Å². The third-order valence-electron chi connectivity index (χ3n) is 2.58. The molecule has 0 unspecified atom stereocenters. The number of rotatable bonds is 6. The van der Waals surface area contributed by atoms with Gasteiger partial charge in [0.1, 0.15) is 11.6 Å². The first-order chi connectivity index (χ1) is 10.0. The summed E-state index contributed by atoms with van der Waals surface area (Å²) in [7, 11) is 0. The molecule has 2 aromatic rings. The van der Waals surface area contributed by atoms with Crippen LogP contribution in [-0.4, -0.2) is 16.5 Å². The maximum atomic E-state index is 13.3. The fourth-order valence-electron chi connectivity index (χ4n) is 1.72. The minimum absolute atomic E-state index is 0.344. The smallest absolute Gasteiger partial charge is 0.238 e. The lowest BCUT2D eigenvalue weighted by Crippen LogP contribution is -2.19. The molecule has 0 bridgehead atoms. The van der Waals surface area contributed by atoms with Gasteiger partial charge < -0.3 is 10.1 Å². The second-order valence-corrected chi connectivity index (χ2v) is 6.00. The van der Waals surface area contributed by atoms with Crippen molar-refractivity contribution in [2.75, 3.05) is 6.54 Å². The summed E-state index contributed by atoms with van der Waals surface area (Å²) in [6, 6.07) is 4.34. The summed E-state index contributed by atoms with van der Waals surface area (Å²) in [6.45, 7) is 5.80. The minimum Gasteiger partial charge on any atom is -0.437 e. The van der Waals surface area contributed by atoms with Crippen LogP contribution in [0.3, 0.4) is 0 Å². The predicted octanol–water partition coefficient (Wildman–Crippen LogP) is 3.92. The number of aromatic nitrogens is 2. The zero-order valence-corrected chi connectivity index (χ0v) is 13.5. The number of benzene rings is 1. The van der Waals surface area contributed by atoms with Crippen LogP contribution in [0.25, 0.3) is 0 Å². The Balaban J connectivity index is 2.03. The van der Waals surface area contributed by atoms with Crippen LogP contribution >= 0.6 is 15.9 Å². The third kappa shape index (κ3) is 5.40. The van der Waals surface area contributed by atoms with Gasteiger partial charge in [0.2, 0.25) is 5.88 Å². The molecule has 112 valence electrons. The first-order valence-corrected chi connectivity index (χ1v) is 7.48. The monoisotopic (exact) mass is 353 g/mol. The molecule has 1 N–H and O–H groups in total. The molecule has 0 saturated heterocycles. The third-order valence-corrected chi connectivity index (χ3v) is 3.04. The van der Waals surface area contributed by atoms with E-state index in [2.05, 4.69) is 45.1 Å². The molecule has 2 rings (SSSR count). The maximum Gasteiger partial charge on any atom is 0.238 e. The van der Waals surface area contributed by atoms with Crippen molar-refractivity contribution >= 4 is 15.9 Å². The number of ether oxygens (including phenoxy) is 1. The maximum absolute atomic E-state index is 13.3. The van der Waals surface area contributed by atoms with Crippen LogP contribution in [-0.2, 0) is 6.54 Å². The van der Waals surface area contributed by atoms with E-state index in [9.17, 15) is 4.39 Å². The van der Waals surface area contributed by atoms with E-state index >= 15 is 0 Å². The van der Waals surface area contributed by atoms with Gasteiger partial charge in [0, 0.05) is 23.3 Å². The van der Waals surface area contributed by atoms with Crippen molar-refractivity contribution < 1.29 is 9.13 Å². The molecule has 1 aromatic heterocycles. The second kappa shape index (κ2) is 7.47. The van der Waals surface area contributed by atoms with Crippen LogP contribution in [0.5, 0.6) is 11.6 Å². The summed E-state index contributed by atoms with van der Waals surface area (Å²) in [6.07, 6.45) is 3.19. The Hall–Kier alpha value is -1.53. The van der Waals surface area contributed by atoms with Crippen molar-refractivity contribution in [1.82, 2.24) is 15.3 Å². The molecule has 0 fully saturated rings. The van der Waals surface area contributed by atoms with Gasteiger partial charge in [-0.15, -0.1) is 0 Å². The van der Waals surface area contributed by atoms with Crippen molar-refractivity contribution in [3.63, 3.8) is 0 Å². The van der Waals surface area contributed by atoms with Crippen molar-refractivity contribution in [2.45, 2.75) is 20.4 Å². The fraction of sp³-hybridized carbons (Fsp3) is 0.333. The quantitative estimate of drug-likeness (QED) is 0.854. The van der Waals surface area contributed by atoms with Gasteiger partial charge in [0.15, 0.2) is 0 Å². The number of halogens is 2. The Morgan fingerprint density at radius 2 is 2.10 bits per heavy atom. The van der Waals surface area contributed by atoms with Crippen LogP contribution in [0.15, 0.2) is 35.1 Å². The molecular formula is C15H17BrFN3O. The van der Waals surface area contributed by atoms with Crippen LogP contribution in [0, 0.1) is 11.7 Å². The van der Waals surface area contributed by atoms with E-state index in [-0.39, 0.29) is 5.82 Å². The van der Waals surface area contributed by atoms with Crippen LogP contribution in [0.2, 0.25) is 0 Å². The average Bonchev–Trinajstić information content (AvgIpc) is 2.37. The molecule has 0 aliphatic carbocycles. The van der Waals surface area contributed by atoms with Gasteiger partial charge in [0.25, 0.3) is 0 Å². The van der Waals surface area contributed by atoms with Crippen LogP contribution in [0.4, 0.5) is 4.39 Å². The highest BCUT2D eigenvalue weighted by atomic mass is 79.9. The molecule has 0 aliphatic heterocycles. The minimum atomic E-state index is -0.373. The Labute approximate surface area is 131 Å². The second-order valence-electron chi connectivity index (χ2n) is 5.08. The van der Waals surface area contributed by atoms with Crippen LogP contribution < -0.4 is 10.1 Å². The Bertz CT molecular complexity index is 587. The van der Waals surface area contributed by atoms with Gasteiger partial charge in [-0.3, -0.25) is 4.98 Å². The number of nitrogens with one attached hydrogen (secondary N) is 1. The van der Waals surface area contributed by atoms with Crippen LogP contribution in [0.1, 0.15) is 19.5 Å². The number of hydrogen-bond acceptors (Lipinski definition) is 4. The van der Waals surface area contributed by atoms with E-state index in [1.807, 2.05) is 0 Å². The molecule has 6 heteroatoms. The molecule has 0 spiro atoms. The van der Waals surface area contributed by atoms with Gasteiger partial charge in [-0.2, -0.15) is 0 Å².